The summed E-state index contributed by atoms with van der Waals surface area (Å²) in [7, 11) is 0. The van der Waals surface area contributed by atoms with Crippen LogP contribution < -0.4 is 0 Å². The summed E-state index contributed by atoms with van der Waals surface area (Å²) in [5.41, 5.74) is 7.54. The predicted molar refractivity (Wildman–Crippen MR) is 71.2 cm³/mol. The van der Waals surface area contributed by atoms with Crippen molar-refractivity contribution in [2.24, 2.45) is 0 Å². The van der Waals surface area contributed by atoms with Gasteiger partial charge in [0, 0.05) is 11.8 Å². The Morgan fingerprint density at radius 2 is 1.47 bits per heavy atom. The molecule has 0 aliphatic carbocycles. The minimum atomic E-state index is 0.820. The highest BCUT2D eigenvalue weighted by molar-refractivity contribution is 5.70. The van der Waals surface area contributed by atoms with Gasteiger partial charge < -0.3 is 0 Å². The molecule has 1 heterocycles. The van der Waals surface area contributed by atoms with Crippen LogP contribution in [-0.2, 0) is 0 Å². The van der Waals surface area contributed by atoms with Crippen LogP contribution in [0.25, 0.3) is 11.3 Å². The Morgan fingerprint density at radius 1 is 0.882 bits per heavy atom. The third kappa shape index (κ3) is 2.07. The molecule has 0 atom stereocenters. The van der Waals surface area contributed by atoms with E-state index in [1.807, 2.05) is 19.2 Å². The Morgan fingerprint density at radius 3 is 2.00 bits per heavy atom. The molecule has 0 radical (unpaired) electrons. The van der Waals surface area contributed by atoms with Crippen molar-refractivity contribution in [3.8, 4) is 11.3 Å². The van der Waals surface area contributed by atoms with Crippen molar-refractivity contribution in [2.75, 3.05) is 0 Å². The molecule has 2 nitrogen and oxygen atoms in total. The Hall–Kier alpha value is -1.70. The molecule has 0 N–H and O–H groups in total. The summed E-state index contributed by atoms with van der Waals surface area (Å²) in [4.78, 5) is 8.69. The second-order valence-corrected chi connectivity index (χ2v) is 4.62. The third-order valence-corrected chi connectivity index (χ3v) is 3.40. The maximum absolute atomic E-state index is 4.54. The minimum absolute atomic E-state index is 0.820. The van der Waals surface area contributed by atoms with Gasteiger partial charge in [-0.3, -0.25) is 0 Å². The van der Waals surface area contributed by atoms with Crippen molar-refractivity contribution in [1.82, 2.24) is 9.97 Å². The quantitative estimate of drug-likeness (QED) is 0.741. The van der Waals surface area contributed by atoms with Gasteiger partial charge in [-0.1, -0.05) is 6.07 Å². The smallest absolute Gasteiger partial charge is 0.125 e. The highest BCUT2D eigenvalue weighted by atomic mass is 14.9. The topological polar surface area (TPSA) is 25.8 Å². The van der Waals surface area contributed by atoms with E-state index >= 15 is 0 Å². The Kier molecular flexibility index (Phi) is 2.97. The molecular weight excluding hydrogens is 208 g/mol. The molecule has 0 unspecified atom stereocenters. The summed E-state index contributed by atoms with van der Waals surface area (Å²) in [6.45, 7) is 10.6. The summed E-state index contributed by atoms with van der Waals surface area (Å²) >= 11 is 0. The SMILES string of the molecule is Cc1nccc(-c2c(C)c(C)cc(C)c2C)n1. The van der Waals surface area contributed by atoms with E-state index in [2.05, 4.69) is 43.7 Å². The average Bonchev–Trinajstić information content (AvgIpc) is 2.27. The van der Waals surface area contributed by atoms with Gasteiger partial charge in [-0.15, -0.1) is 0 Å². The van der Waals surface area contributed by atoms with Crippen molar-refractivity contribution in [3.05, 3.63) is 46.4 Å². The number of benzene rings is 1. The van der Waals surface area contributed by atoms with Crippen molar-refractivity contribution < 1.29 is 0 Å². The fourth-order valence-electron chi connectivity index (χ4n) is 2.20. The van der Waals surface area contributed by atoms with Gasteiger partial charge in [0.15, 0.2) is 0 Å². The lowest BCUT2D eigenvalue weighted by Gasteiger charge is -2.14. The van der Waals surface area contributed by atoms with Crippen LogP contribution in [0.3, 0.4) is 0 Å². The van der Waals surface area contributed by atoms with Crippen LogP contribution in [0.2, 0.25) is 0 Å². The molecule has 0 saturated carbocycles. The molecule has 0 bridgehead atoms. The summed E-state index contributed by atoms with van der Waals surface area (Å²) in [5.74, 6) is 0.820. The van der Waals surface area contributed by atoms with Crippen LogP contribution in [0.15, 0.2) is 18.3 Å². The standard InChI is InChI=1S/C15H18N2/c1-9-8-10(2)12(4)15(11(9)3)14-6-7-16-13(5)17-14/h6-8H,1-5H3. The van der Waals surface area contributed by atoms with Crippen LogP contribution in [0.1, 0.15) is 28.1 Å². The summed E-state index contributed by atoms with van der Waals surface area (Å²) in [6.07, 6.45) is 1.83. The number of aryl methyl sites for hydroxylation is 3. The Balaban J connectivity index is 2.75. The molecule has 1 aromatic carbocycles. The van der Waals surface area contributed by atoms with Gasteiger partial charge >= 0.3 is 0 Å². The van der Waals surface area contributed by atoms with Crippen LogP contribution in [0, 0.1) is 34.6 Å². The highest BCUT2D eigenvalue weighted by Crippen LogP contribution is 2.29. The molecule has 1 aromatic heterocycles. The second kappa shape index (κ2) is 4.28. The largest absolute Gasteiger partial charge is 0.242 e. The fraction of sp³-hybridized carbons (Fsp3) is 0.333. The Bertz CT molecular complexity index is 545. The molecule has 17 heavy (non-hydrogen) atoms. The first-order valence-electron chi connectivity index (χ1n) is 5.88. The zero-order valence-corrected chi connectivity index (χ0v) is 11.1. The Labute approximate surface area is 103 Å². The maximum Gasteiger partial charge on any atom is 0.125 e. The number of aromatic nitrogens is 2. The third-order valence-electron chi connectivity index (χ3n) is 3.40. The van der Waals surface area contributed by atoms with Gasteiger partial charge in [0.1, 0.15) is 5.82 Å². The fourth-order valence-corrected chi connectivity index (χ4v) is 2.20. The first-order valence-corrected chi connectivity index (χ1v) is 5.88. The van der Waals surface area contributed by atoms with Gasteiger partial charge in [-0.2, -0.15) is 0 Å². The molecular formula is C15H18N2. The van der Waals surface area contributed by atoms with Gasteiger partial charge in [-0.05, 0) is 62.9 Å². The molecule has 0 aliphatic heterocycles. The summed E-state index contributed by atoms with van der Waals surface area (Å²) in [5, 5.41) is 0. The van der Waals surface area contributed by atoms with E-state index in [1.54, 1.807) is 0 Å². The van der Waals surface area contributed by atoms with Crippen LogP contribution in [-0.4, -0.2) is 9.97 Å². The lowest BCUT2D eigenvalue weighted by atomic mass is 9.92. The lowest BCUT2D eigenvalue weighted by molar-refractivity contribution is 1.05. The number of hydrogen-bond acceptors (Lipinski definition) is 2. The molecule has 0 amide bonds. The van der Waals surface area contributed by atoms with Gasteiger partial charge in [0.25, 0.3) is 0 Å². The first kappa shape index (κ1) is 11.8. The predicted octanol–water partition coefficient (Wildman–Crippen LogP) is 3.69. The van der Waals surface area contributed by atoms with Crippen LogP contribution in [0.4, 0.5) is 0 Å². The summed E-state index contributed by atoms with van der Waals surface area (Å²) < 4.78 is 0. The van der Waals surface area contributed by atoms with E-state index in [-0.39, 0.29) is 0 Å². The van der Waals surface area contributed by atoms with Crippen molar-refractivity contribution in [1.29, 1.82) is 0 Å². The monoisotopic (exact) mass is 226 g/mol. The number of nitrogens with zero attached hydrogens (tertiary/aromatic N) is 2. The molecule has 0 aliphatic rings. The van der Waals surface area contributed by atoms with E-state index in [0.717, 1.165) is 11.5 Å². The van der Waals surface area contributed by atoms with Crippen molar-refractivity contribution >= 4 is 0 Å². The van der Waals surface area contributed by atoms with E-state index in [1.165, 1.54) is 27.8 Å². The number of rotatable bonds is 1. The van der Waals surface area contributed by atoms with Crippen molar-refractivity contribution in [3.63, 3.8) is 0 Å². The van der Waals surface area contributed by atoms with Gasteiger partial charge in [0.05, 0.1) is 5.69 Å². The van der Waals surface area contributed by atoms with E-state index in [4.69, 9.17) is 0 Å². The second-order valence-electron chi connectivity index (χ2n) is 4.62. The van der Waals surface area contributed by atoms with Gasteiger partial charge in [-0.25, -0.2) is 9.97 Å². The first-order chi connectivity index (χ1) is 8.00. The zero-order valence-electron chi connectivity index (χ0n) is 11.1. The van der Waals surface area contributed by atoms with E-state index in [0.29, 0.717) is 0 Å². The normalized spacial score (nSPS) is 10.6. The van der Waals surface area contributed by atoms with Gasteiger partial charge in [0.2, 0.25) is 0 Å². The molecule has 2 rings (SSSR count). The summed E-state index contributed by atoms with van der Waals surface area (Å²) in [6, 6.07) is 4.23. The van der Waals surface area contributed by atoms with Crippen molar-refractivity contribution in [2.45, 2.75) is 34.6 Å². The maximum atomic E-state index is 4.54. The van der Waals surface area contributed by atoms with E-state index in [9.17, 15) is 0 Å². The molecule has 2 heteroatoms. The van der Waals surface area contributed by atoms with Crippen LogP contribution >= 0.6 is 0 Å². The molecule has 88 valence electrons. The molecule has 0 saturated heterocycles. The highest BCUT2D eigenvalue weighted by Gasteiger charge is 2.11. The van der Waals surface area contributed by atoms with E-state index < -0.39 is 0 Å². The molecule has 0 spiro atoms. The average molecular weight is 226 g/mol. The molecule has 2 aromatic rings. The number of hydrogen-bond donors (Lipinski definition) is 0. The molecule has 0 fully saturated rings. The minimum Gasteiger partial charge on any atom is -0.242 e. The lowest BCUT2D eigenvalue weighted by Crippen LogP contribution is -1.98. The van der Waals surface area contributed by atoms with Crippen LogP contribution in [0.5, 0.6) is 0 Å². The zero-order chi connectivity index (χ0) is 12.6.